The molecule has 5 nitrogen and oxygen atoms in total. The molecule has 2 aromatic rings. The second kappa shape index (κ2) is 7.29. The normalized spacial score (nSPS) is 18.1. The molecule has 1 saturated heterocycles. The Morgan fingerprint density at radius 3 is 2.31 bits per heavy atom. The van der Waals surface area contributed by atoms with Crippen molar-refractivity contribution < 1.29 is 17.9 Å². The molecular formula is C20H25NO4S. The first kappa shape index (κ1) is 18.7. The van der Waals surface area contributed by atoms with Crippen molar-refractivity contribution in [3.05, 3.63) is 53.1 Å². The lowest BCUT2D eigenvalue weighted by Gasteiger charge is -2.26. The Hall–Kier alpha value is -2.05. The molecule has 0 amide bonds. The number of aryl methyl sites for hydroxylation is 2. The first-order valence-corrected chi connectivity index (χ1v) is 10.1. The molecule has 2 aromatic carbocycles. The third-order valence-electron chi connectivity index (χ3n) is 4.79. The summed E-state index contributed by atoms with van der Waals surface area (Å²) in [6, 6.07) is 11.0. The lowest BCUT2D eigenvalue weighted by atomic mass is 10.0. The summed E-state index contributed by atoms with van der Waals surface area (Å²) in [5.41, 5.74) is 3.33. The van der Waals surface area contributed by atoms with E-state index in [9.17, 15) is 8.42 Å². The molecule has 0 spiro atoms. The summed E-state index contributed by atoms with van der Waals surface area (Å²) in [6.45, 7) is 4.57. The van der Waals surface area contributed by atoms with Crippen molar-refractivity contribution in [2.75, 3.05) is 20.8 Å². The third kappa shape index (κ3) is 3.44. The van der Waals surface area contributed by atoms with Crippen LogP contribution in [0.25, 0.3) is 0 Å². The van der Waals surface area contributed by atoms with Gasteiger partial charge in [-0.05, 0) is 44.4 Å². The number of benzene rings is 2. The van der Waals surface area contributed by atoms with Crippen LogP contribution in [-0.2, 0) is 10.0 Å². The van der Waals surface area contributed by atoms with Gasteiger partial charge in [0.15, 0.2) is 0 Å². The smallest absolute Gasteiger partial charge is 0.247 e. The zero-order chi connectivity index (χ0) is 18.9. The Morgan fingerprint density at radius 1 is 1.00 bits per heavy atom. The average Bonchev–Trinajstić information content (AvgIpc) is 3.11. The van der Waals surface area contributed by atoms with E-state index in [-0.39, 0.29) is 10.9 Å². The predicted molar refractivity (Wildman–Crippen MR) is 101 cm³/mol. The third-order valence-corrected chi connectivity index (χ3v) is 6.72. The summed E-state index contributed by atoms with van der Waals surface area (Å²) >= 11 is 0. The molecule has 1 heterocycles. The summed E-state index contributed by atoms with van der Waals surface area (Å²) < 4.78 is 39.0. The van der Waals surface area contributed by atoms with E-state index in [1.807, 2.05) is 13.8 Å². The van der Waals surface area contributed by atoms with Crippen molar-refractivity contribution in [3.8, 4) is 11.5 Å². The molecule has 6 heteroatoms. The van der Waals surface area contributed by atoms with Gasteiger partial charge in [-0.3, -0.25) is 0 Å². The average molecular weight is 375 g/mol. The first-order valence-electron chi connectivity index (χ1n) is 8.69. The molecule has 1 unspecified atom stereocenters. The summed E-state index contributed by atoms with van der Waals surface area (Å²) in [5, 5.41) is 0. The van der Waals surface area contributed by atoms with Gasteiger partial charge in [0.1, 0.15) is 16.4 Å². The molecule has 1 aliphatic rings. The quantitative estimate of drug-likeness (QED) is 0.797. The molecule has 0 saturated carbocycles. The maximum absolute atomic E-state index is 13.4. The van der Waals surface area contributed by atoms with Crippen molar-refractivity contribution in [2.45, 2.75) is 37.6 Å². The highest BCUT2D eigenvalue weighted by Gasteiger charge is 2.38. The number of methoxy groups -OCH3 is 2. The van der Waals surface area contributed by atoms with E-state index in [0.29, 0.717) is 18.0 Å². The molecule has 26 heavy (non-hydrogen) atoms. The maximum Gasteiger partial charge on any atom is 0.247 e. The predicted octanol–water partition coefficient (Wildman–Crippen LogP) is 3.85. The minimum Gasteiger partial charge on any atom is -0.497 e. The number of sulfonamides is 1. The molecule has 0 radical (unpaired) electrons. The van der Waals surface area contributed by atoms with E-state index in [1.165, 1.54) is 20.3 Å². The second-order valence-electron chi connectivity index (χ2n) is 6.71. The van der Waals surface area contributed by atoms with Crippen LogP contribution in [0.5, 0.6) is 11.5 Å². The second-order valence-corrected chi connectivity index (χ2v) is 8.57. The van der Waals surface area contributed by atoms with Crippen LogP contribution < -0.4 is 9.47 Å². The molecule has 0 N–H and O–H groups in total. The van der Waals surface area contributed by atoms with Crippen LogP contribution >= 0.6 is 0 Å². The zero-order valence-electron chi connectivity index (χ0n) is 15.7. The van der Waals surface area contributed by atoms with Crippen molar-refractivity contribution in [1.29, 1.82) is 0 Å². The van der Waals surface area contributed by atoms with Crippen LogP contribution in [0.1, 0.15) is 35.6 Å². The number of ether oxygens (including phenoxy) is 2. The molecule has 1 atom stereocenters. The van der Waals surface area contributed by atoms with Crippen molar-refractivity contribution in [1.82, 2.24) is 4.31 Å². The summed E-state index contributed by atoms with van der Waals surface area (Å²) in [4.78, 5) is 0.149. The number of hydrogen-bond donors (Lipinski definition) is 0. The fourth-order valence-electron chi connectivity index (χ4n) is 3.68. The van der Waals surface area contributed by atoms with Gasteiger partial charge >= 0.3 is 0 Å². The lowest BCUT2D eigenvalue weighted by Crippen LogP contribution is -2.31. The Bertz CT molecular complexity index is 888. The van der Waals surface area contributed by atoms with Gasteiger partial charge in [0.2, 0.25) is 10.0 Å². The van der Waals surface area contributed by atoms with Crippen LogP contribution in [0.4, 0.5) is 0 Å². The molecule has 0 aromatic heterocycles. The van der Waals surface area contributed by atoms with E-state index in [4.69, 9.17) is 9.47 Å². The molecule has 0 bridgehead atoms. The summed E-state index contributed by atoms with van der Waals surface area (Å²) in [6.07, 6.45) is 1.65. The summed E-state index contributed by atoms with van der Waals surface area (Å²) in [5.74, 6) is 0.823. The summed E-state index contributed by atoms with van der Waals surface area (Å²) in [7, 11) is -0.710. The van der Waals surface area contributed by atoms with Gasteiger partial charge < -0.3 is 9.47 Å². The van der Waals surface area contributed by atoms with Crippen molar-refractivity contribution in [2.24, 2.45) is 0 Å². The van der Waals surface area contributed by atoms with Crippen molar-refractivity contribution >= 4 is 10.0 Å². The standard InChI is InChI=1S/C20H25NO4S/c1-14-10-15(2)12-16(11-14)18-6-5-9-21(18)26(22,23)20-13-17(24-3)7-8-19(20)25-4/h7-8,10-13,18H,5-6,9H2,1-4H3. The van der Waals surface area contributed by atoms with Gasteiger partial charge in [0, 0.05) is 12.6 Å². The molecule has 3 rings (SSSR count). The van der Waals surface area contributed by atoms with Crippen LogP contribution in [-0.4, -0.2) is 33.5 Å². The lowest BCUT2D eigenvalue weighted by molar-refractivity contribution is 0.375. The van der Waals surface area contributed by atoms with Gasteiger partial charge in [-0.25, -0.2) is 8.42 Å². The van der Waals surface area contributed by atoms with Crippen molar-refractivity contribution in [3.63, 3.8) is 0 Å². The minimum atomic E-state index is -3.71. The van der Waals surface area contributed by atoms with Crippen LogP contribution in [0, 0.1) is 13.8 Å². The fraction of sp³-hybridized carbons (Fsp3) is 0.400. The Kier molecular flexibility index (Phi) is 5.25. The Morgan fingerprint density at radius 2 is 1.69 bits per heavy atom. The van der Waals surface area contributed by atoms with E-state index in [0.717, 1.165) is 29.5 Å². The highest BCUT2D eigenvalue weighted by molar-refractivity contribution is 7.89. The highest BCUT2D eigenvalue weighted by Crippen LogP contribution is 2.40. The van der Waals surface area contributed by atoms with Gasteiger partial charge in [0.25, 0.3) is 0 Å². The van der Waals surface area contributed by atoms with Gasteiger partial charge in [-0.15, -0.1) is 0 Å². The van der Waals surface area contributed by atoms with E-state index in [2.05, 4.69) is 18.2 Å². The molecule has 140 valence electrons. The van der Waals surface area contributed by atoms with Gasteiger partial charge in [-0.1, -0.05) is 29.3 Å². The number of rotatable bonds is 5. The molecular weight excluding hydrogens is 350 g/mol. The maximum atomic E-state index is 13.4. The number of hydrogen-bond acceptors (Lipinski definition) is 4. The minimum absolute atomic E-state index is 0.149. The first-order chi connectivity index (χ1) is 12.4. The number of nitrogens with zero attached hydrogens (tertiary/aromatic N) is 1. The SMILES string of the molecule is COc1ccc(OC)c(S(=O)(=O)N2CCCC2c2cc(C)cc(C)c2)c1. The Balaban J connectivity index is 2.06. The van der Waals surface area contributed by atoms with Crippen LogP contribution in [0.15, 0.2) is 41.3 Å². The van der Waals surface area contributed by atoms with Gasteiger partial charge in [-0.2, -0.15) is 4.31 Å². The molecule has 1 aliphatic heterocycles. The largest absolute Gasteiger partial charge is 0.497 e. The monoisotopic (exact) mass is 375 g/mol. The van der Waals surface area contributed by atoms with E-state index in [1.54, 1.807) is 16.4 Å². The van der Waals surface area contributed by atoms with E-state index >= 15 is 0 Å². The van der Waals surface area contributed by atoms with E-state index < -0.39 is 10.0 Å². The fourth-order valence-corrected chi connectivity index (χ4v) is 5.53. The van der Waals surface area contributed by atoms with Crippen LogP contribution in [0.3, 0.4) is 0 Å². The highest BCUT2D eigenvalue weighted by atomic mass is 32.2. The van der Waals surface area contributed by atoms with Crippen LogP contribution in [0.2, 0.25) is 0 Å². The molecule has 1 fully saturated rings. The zero-order valence-corrected chi connectivity index (χ0v) is 16.5. The molecule has 0 aliphatic carbocycles. The van der Waals surface area contributed by atoms with Gasteiger partial charge in [0.05, 0.1) is 20.3 Å². The topological polar surface area (TPSA) is 55.8 Å². The Labute approximate surface area is 155 Å².